The Kier molecular flexibility index (Phi) is 7.52. The Labute approximate surface area is 210 Å². The maximum absolute atomic E-state index is 2.74. The van der Waals surface area contributed by atoms with Gasteiger partial charge in [0, 0.05) is 0 Å². The van der Waals surface area contributed by atoms with Crippen molar-refractivity contribution in [2.24, 2.45) is 41.4 Å². The molecule has 0 aromatic rings. The van der Waals surface area contributed by atoms with Crippen LogP contribution in [0.5, 0.6) is 0 Å². The van der Waals surface area contributed by atoms with E-state index in [4.69, 9.17) is 0 Å². The number of fused-ring (bicyclic) bond motifs is 1. The molecule has 0 saturated heterocycles. The zero-order chi connectivity index (χ0) is 23.7. The molecular weight excluding hydrogens is 408 g/mol. The SMILES string of the molecule is CCC1=CCC(C(CC2=C(C)C=C(C3=CC4C(CC3)C4C3CC=CCC3)CC2)C(C)CC)C=C1. The van der Waals surface area contributed by atoms with Crippen molar-refractivity contribution in [2.75, 3.05) is 0 Å². The predicted octanol–water partition coefficient (Wildman–Crippen LogP) is 9.93. The average molecular weight is 457 g/mol. The fourth-order valence-corrected chi connectivity index (χ4v) is 7.84. The summed E-state index contributed by atoms with van der Waals surface area (Å²) in [6.07, 6.45) is 32.2. The van der Waals surface area contributed by atoms with Crippen molar-refractivity contribution in [3.05, 3.63) is 70.4 Å². The molecule has 1 fully saturated rings. The number of rotatable bonds is 8. The molecule has 34 heavy (non-hydrogen) atoms. The van der Waals surface area contributed by atoms with E-state index in [2.05, 4.69) is 70.2 Å². The van der Waals surface area contributed by atoms with Crippen LogP contribution in [0.3, 0.4) is 0 Å². The van der Waals surface area contributed by atoms with Crippen molar-refractivity contribution < 1.29 is 0 Å². The van der Waals surface area contributed by atoms with Crippen LogP contribution in [0.1, 0.15) is 98.3 Å². The first-order valence-electron chi connectivity index (χ1n) is 14.7. The van der Waals surface area contributed by atoms with Crippen LogP contribution in [0.25, 0.3) is 0 Å². The van der Waals surface area contributed by atoms with E-state index in [1.807, 2.05) is 0 Å². The Hall–Kier alpha value is -1.56. The molecule has 0 bridgehead atoms. The highest BCUT2D eigenvalue weighted by molar-refractivity contribution is 5.44. The molecule has 5 rings (SSSR count). The maximum Gasteiger partial charge on any atom is -0.0162 e. The van der Waals surface area contributed by atoms with Crippen LogP contribution in [-0.4, -0.2) is 0 Å². The van der Waals surface area contributed by atoms with Gasteiger partial charge in [0.15, 0.2) is 0 Å². The molecule has 1 saturated carbocycles. The van der Waals surface area contributed by atoms with Gasteiger partial charge in [0.25, 0.3) is 0 Å². The first-order chi connectivity index (χ1) is 16.6. The second-order valence-electron chi connectivity index (χ2n) is 12.2. The second-order valence-corrected chi connectivity index (χ2v) is 12.2. The summed E-state index contributed by atoms with van der Waals surface area (Å²) < 4.78 is 0. The Morgan fingerprint density at radius 2 is 1.88 bits per heavy atom. The lowest BCUT2D eigenvalue weighted by molar-refractivity contribution is 0.266. The van der Waals surface area contributed by atoms with Gasteiger partial charge in [-0.25, -0.2) is 0 Å². The summed E-state index contributed by atoms with van der Waals surface area (Å²) in [5.74, 6) is 6.17. The molecule has 0 nitrogen and oxygen atoms in total. The molecule has 5 aliphatic rings. The van der Waals surface area contributed by atoms with E-state index in [9.17, 15) is 0 Å². The van der Waals surface area contributed by atoms with Crippen molar-refractivity contribution in [2.45, 2.75) is 98.3 Å². The molecule has 0 amide bonds. The van der Waals surface area contributed by atoms with Crippen molar-refractivity contribution >= 4 is 0 Å². The molecule has 7 unspecified atom stereocenters. The van der Waals surface area contributed by atoms with Crippen LogP contribution in [0, 0.1) is 41.4 Å². The molecule has 0 aliphatic heterocycles. The summed E-state index contributed by atoms with van der Waals surface area (Å²) in [6.45, 7) is 9.57. The minimum Gasteiger partial charge on any atom is -0.0885 e. The highest BCUT2D eigenvalue weighted by Crippen LogP contribution is 2.60. The molecule has 184 valence electrons. The van der Waals surface area contributed by atoms with Crippen LogP contribution in [0.15, 0.2) is 70.4 Å². The van der Waals surface area contributed by atoms with Crippen molar-refractivity contribution in [3.8, 4) is 0 Å². The largest absolute Gasteiger partial charge is 0.0885 e. The number of hydrogen-bond donors (Lipinski definition) is 0. The lowest BCUT2D eigenvalue weighted by Crippen LogP contribution is -2.22. The van der Waals surface area contributed by atoms with Gasteiger partial charge < -0.3 is 0 Å². The highest BCUT2D eigenvalue weighted by atomic mass is 14.6. The molecule has 0 radical (unpaired) electrons. The maximum atomic E-state index is 2.74. The van der Waals surface area contributed by atoms with E-state index in [-0.39, 0.29) is 0 Å². The van der Waals surface area contributed by atoms with Gasteiger partial charge in [0.2, 0.25) is 0 Å². The molecule has 0 heterocycles. The third-order valence-corrected chi connectivity index (χ3v) is 10.4. The van der Waals surface area contributed by atoms with Crippen molar-refractivity contribution in [3.63, 3.8) is 0 Å². The monoisotopic (exact) mass is 456 g/mol. The molecule has 7 atom stereocenters. The standard InChI is InChI=1S/C34H48/c1-5-23(3)32(26-14-12-25(6-2)13-15-26)21-28-16-17-29(20-24(28)4)30-18-19-31-33(22-30)34(31)27-10-8-7-9-11-27/h7-8,12-14,20,22-23,26-27,31-34H,5-6,9-11,15-19,21H2,1-4H3. The van der Waals surface area contributed by atoms with Gasteiger partial charge in [0.05, 0.1) is 0 Å². The van der Waals surface area contributed by atoms with Gasteiger partial charge in [-0.3, -0.25) is 0 Å². The van der Waals surface area contributed by atoms with Crippen molar-refractivity contribution in [1.82, 2.24) is 0 Å². The topological polar surface area (TPSA) is 0 Å². The molecule has 0 spiro atoms. The fourth-order valence-electron chi connectivity index (χ4n) is 7.84. The highest BCUT2D eigenvalue weighted by Gasteiger charge is 2.53. The molecule has 0 aromatic heterocycles. The first-order valence-corrected chi connectivity index (χ1v) is 14.7. The van der Waals surface area contributed by atoms with Gasteiger partial charge >= 0.3 is 0 Å². The Balaban J connectivity index is 1.27. The lowest BCUT2D eigenvalue weighted by atomic mass is 9.72. The second kappa shape index (κ2) is 10.6. The van der Waals surface area contributed by atoms with Crippen LogP contribution >= 0.6 is 0 Å². The molecule has 5 aliphatic carbocycles. The van der Waals surface area contributed by atoms with Crippen LogP contribution < -0.4 is 0 Å². The predicted molar refractivity (Wildman–Crippen MR) is 147 cm³/mol. The van der Waals surface area contributed by atoms with E-state index in [0.29, 0.717) is 0 Å². The lowest BCUT2D eigenvalue weighted by Gasteiger charge is -2.33. The van der Waals surface area contributed by atoms with Gasteiger partial charge in [-0.2, -0.15) is 0 Å². The number of hydrogen-bond acceptors (Lipinski definition) is 0. The average Bonchev–Trinajstić information content (AvgIpc) is 3.61. The third kappa shape index (κ3) is 5.03. The minimum absolute atomic E-state index is 0.718. The van der Waals surface area contributed by atoms with E-state index in [1.165, 1.54) is 76.2 Å². The molecule has 0 heteroatoms. The quantitative estimate of drug-likeness (QED) is 0.319. The van der Waals surface area contributed by atoms with Crippen LogP contribution in [0.4, 0.5) is 0 Å². The van der Waals surface area contributed by atoms with Crippen LogP contribution in [-0.2, 0) is 0 Å². The molecule has 0 N–H and O–H groups in total. The van der Waals surface area contributed by atoms with E-state index in [0.717, 1.165) is 41.4 Å². The van der Waals surface area contributed by atoms with E-state index >= 15 is 0 Å². The molecular formula is C34H48. The molecule has 0 aromatic carbocycles. The Morgan fingerprint density at radius 3 is 2.56 bits per heavy atom. The summed E-state index contributed by atoms with van der Waals surface area (Å²) in [5, 5.41) is 0. The summed E-state index contributed by atoms with van der Waals surface area (Å²) >= 11 is 0. The smallest absolute Gasteiger partial charge is 0.0162 e. The summed E-state index contributed by atoms with van der Waals surface area (Å²) in [7, 11) is 0. The summed E-state index contributed by atoms with van der Waals surface area (Å²) in [6, 6.07) is 0. The normalized spacial score (nSPS) is 34.7. The van der Waals surface area contributed by atoms with Gasteiger partial charge in [-0.05, 0) is 124 Å². The number of allylic oxidation sites excluding steroid dienone is 12. The van der Waals surface area contributed by atoms with Gasteiger partial charge in [0.1, 0.15) is 0 Å². The van der Waals surface area contributed by atoms with E-state index in [1.54, 1.807) is 22.3 Å². The van der Waals surface area contributed by atoms with E-state index < -0.39 is 0 Å². The minimum atomic E-state index is 0.718. The summed E-state index contributed by atoms with van der Waals surface area (Å²) in [5.41, 5.74) is 8.27. The zero-order valence-corrected chi connectivity index (χ0v) is 22.4. The first kappa shape index (κ1) is 24.1. The Morgan fingerprint density at radius 1 is 1.00 bits per heavy atom. The van der Waals surface area contributed by atoms with Gasteiger partial charge in [-0.1, -0.05) is 86.4 Å². The van der Waals surface area contributed by atoms with Gasteiger partial charge in [-0.15, -0.1) is 0 Å². The Bertz CT molecular complexity index is 931. The van der Waals surface area contributed by atoms with Crippen molar-refractivity contribution in [1.29, 1.82) is 0 Å². The fraction of sp³-hybridized carbons (Fsp3) is 0.647. The van der Waals surface area contributed by atoms with Crippen LogP contribution in [0.2, 0.25) is 0 Å². The zero-order valence-electron chi connectivity index (χ0n) is 22.4. The summed E-state index contributed by atoms with van der Waals surface area (Å²) in [4.78, 5) is 0. The third-order valence-electron chi connectivity index (χ3n) is 10.4.